The molecule has 0 aliphatic carbocycles. The molecule has 7 nitrogen and oxygen atoms in total. The first-order chi connectivity index (χ1) is 9.71. The van der Waals surface area contributed by atoms with E-state index in [0.29, 0.717) is 0 Å². The minimum Gasteiger partial charge on any atom is -0.480 e. The quantitative estimate of drug-likeness (QED) is 0.715. The van der Waals surface area contributed by atoms with Crippen molar-refractivity contribution in [3.05, 3.63) is 0 Å². The van der Waals surface area contributed by atoms with Crippen molar-refractivity contribution in [3.63, 3.8) is 0 Å². The van der Waals surface area contributed by atoms with Crippen LogP contribution in [0.25, 0.3) is 0 Å². The molecule has 0 unspecified atom stereocenters. The molecule has 0 aromatic carbocycles. The highest BCUT2D eigenvalue weighted by atomic mass is 16.4. The first-order valence-corrected chi connectivity index (χ1v) is 7.27. The molecule has 3 N–H and O–H groups in total. The van der Waals surface area contributed by atoms with Gasteiger partial charge in [-0.15, -0.1) is 0 Å². The number of piperidine rings is 1. The number of carboxylic acid groups (broad SMARTS) is 1. The van der Waals surface area contributed by atoms with Gasteiger partial charge in [0.05, 0.1) is 6.54 Å². The molecule has 0 bridgehead atoms. The Hall–Kier alpha value is -1.79. The van der Waals surface area contributed by atoms with Gasteiger partial charge in [-0.05, 0) is 24.7 Å². The molecule has 3 amide bonds. The van der Waals surface area contributed by atoms with E-state index in [1.54, 1.807) is 25.7 Å². The van der Waals surface area contributed by atoms with E-state index in [1.165, 1.54) is 0 Å². The highest BCUT2D eigenvalue weighted by Gasteiger charge is 2.32. The van der Waals surface area contributed by atoms with E-state index in [-0.39, 0.29) is 12.5 Å². The number of nitrogens with one attached hydrogen (secondary N) is 2. The Morgan fingerprint density at radius 1 is 1.14 bits per heavy atom. The third-order valence-electron chi connectivity index (χ3n) is 3.50. The standard InChI is InChI=1S/C14H25N3O4/c1-14(2,3)11(12(19)20)16-13(21)15-9-10(18)17-7-5-4-6-8-17/h11H,4-9H2,1-3H3,(H,19,20)(H2,15,16,21)/t11-/m1/s1. The van der Waals surface area contributed by atoms with Crippen LogP contribution in [-0.2, 0) is 9.59 Å². The zero-order chi connectivity index (χ0) is 16.0. The second-order valence-corrected chi connectivity index (χ2v) is 6.41. The van der Waals surface area contributed by atoms with Crippen molar-refractivity contribution in [2.75, 3.05) is 19.6 Å². The van der Waals surface area contributed by atoms with Gasteiger partial charge < -0.3 is 20.6 Å². The second kappa shape index (κ2) is 7.28. The number of rotatable bonds is 4. The fourth-order valence-electron chi connectivity index (χ4n) is 2.24. The van der Waals surface area contributed by atoms with Crippen molar-refractivity contribution in [2.24, 2.45) is 5.41 Å². The van der Waals surface area contributed by atoms with Crippen LogP contribution < -0.4 is 10.6 Å². The zero-order valence-corrected chi connectivity index (χ0v) is 12.9. The van der Waals surface area contributed by atoms with Gasteiger partial charge in [0.2, 0.25) is 5.91 Å². The third-order valence-corrected chi connectivity index (χ3v) is 3.50. The number of carboxylic acids is 1. The lowest BCUT2D eigenvalue weighted by molar-refractivity contribution is -0.141. The van der Waals surface area contributed by atoms with Gasteiger partial charge in [-0.2, -0.15) is 0 Å². The molecular weight excluding hydrogens is 274 g/mol. The molecule has 0 radical (unpaired) electrons. The van der Waals surface area contributed by atoms with E-state index in [0.717, 1.165) is 32.4 Å². The Morgan fingerprint density at radius 2 is 1.71 bits per heavy atom. The number of nitrogens with zero attached hydrogens (tertiary/aromatic N) is 1. The topological polar surface area (TPSA) is 98.7 Å². The number of urea groups is 1. The van der Waals surface area contributed by atoms with Crippen LogP contribution in [-0.4, -0.2) is 53.6 Å². The Kier molecular flexibility index (Phi) is 5.99. The average molecular weight is 299 g/mol. The molecule has 1 atom stereocenters. The number of amides is 3. The molecule has 1 aliphatic rings. The summed E-state index contributed by atoms with van der Waals surface area (Å²) in [6, 6.07) is -1.65. The summed E-state index contributed by atoms with van der Waals surface area (Å²) in [5.41, 5.74) is -0.611. The Bertz CT molecular complexity index is 398. The summed E-state index contributed by atoms with van der Waals surface area (Å²) in [4.78, 5) is 36.5. The lowest BCUT2D eigenvalue weighted by atomic mass is 9.87. The van der Waals surface area contributed by atoms with Crippen LogP contribution in [0.2, 0.25) is 0 Å². The molecule has 1 rings (SSSR count). The van der Waals surface area contributed by atoms with Crippen molar-refractivity contribution >= 4 is 17.9 Å². The first kappa shape index (κ1) is 17.3. The summed E-state index contributed by atoms with van der Waals surface area (Å²) in [6.07, 6.45) is 3.11. The molecule has 0 spiro atoms. The van der Waals surface area contributed by atoms with Crippen LogP contribution in [0, 0.1) is 5.41 Å². The van der Waals surface area contributed by atoms with Crippen molar-refractivity contribution in [2.45, 2.75) is 46.1 Å². The van der Waals surface area contributed by atoms with Crippen molar-refractivity contribution in [1.29, 1.82) is 0 Å². The lowest BCUT2D eigenvalue weighted by Gasteiger charge is -2.28. The highest BCUT2D eigenvalue weighted by Crippen LogP contribution is 2.19. The summed E-state index contributed by atoms with van der Waals surface area (Å²) >= 11 is 0. The second-order valence-electron chi connectivity index (χ2n) is 6.41. The highest BCUT2D eigenvalue weighted by molar-refractivity contribution is 5.86. The number of carbonyl (C=O) groups excluding carboxylic acids is 2. The summed E-state index contributed by atoms with van der Waals surface area (Å²) < 4.78 is 0. The summed E-state index contributed by atoms with van der Waals surface area (Å²) in [5.74, 6) is -1.23. The van der Waals surface area contributed by atoms with Crippen molar-refractivity contribution < 1.29 is 19.5 Å². The predicted molar refractivity (Wildman–Crippen MR) is 77.8 cm³/mol. The number of likely N-dealkylation sites (tertiary alicyclic amines) is 1. The van der Waals surface area contributed by atoms with Gasteiger partial charge in [-0.25, -0.2) is 9.59 Å². The minimum atomic E-state index is -1.10. The van der Waals surface area contributed by atoms with Gasteiger partial charge in [0.25, 0.3) is 0 Å². The van der Waals surface area contributed by atoms with Gasteiger partial charge in [0.15, 0.2) is 0 Å². The van der Waals surface area contributed by atoms with Crippen LogP contribution in [0.5, 0.6) is 0 Å². The maximum absolute atomic E-state index is 11.9. The number of hydrogen-bond donors (Lipinski definition) is 3. The smallest absolute Gasteiger partial charge is 0.326 e. The van der Waals surface area contributed by atoms with E-state index in [1.807, 2.05) is 0 Å². The molecule has 1 aliphatic heterocycles. The Labute approximate surface area is 125 Å². The van der Waals surface area contributed by atoms with E-state index in [2.05, 4.69) is 10.6 Å². The number of carbonyl (C=O) groups is 3. The van der Waals surface area contributed by atoms with E-state index < -0.39 is 23.5 Å². The first-order valence-electron chi connectivity index (χ1n) is 7.27. The predicted octanol–water partition coefficient (Wildman–Crippen LogP) is 0.797. The molecule has 0 aromatic heterocycles. The van der Waals surface area contributed by atoms with Crippen LogP contribution in [0.3, 0.4) is 0 Å². The average Bonchev–Trinajstić information content (AvgIpc) is 2.41. The van der Waals surface area contributed by atoms with Gasteiger partial charge >= 0.3 is 12.0 Å². The molecule has 7 heteroatoms. The summed E-state index contributed by atoms with van der Waals surface area (Å²) in [5, 5.41) is 13.9. The minimum absolute atomic E-state index is 0.109. The molecular formula is C14H25N3O4. The molecule has 0 saturated carbocycles. The van der Waals surface area contributed by atoms with Crippen LogP contribution in [0.15, 0.2) is 0 Å². The normalized spacial score (nSPS) is 17.0. The van der Waals surface area contributed by atoms with Crippen molar-refractivity contribution in [1.82, 2.24) is 15.5 Å². The Balaban J connectivity index is 2.42. The molecule has 1 saturated heterocycles. The van der Waals surface area contributed by atoms with Crippen LogP contribution in [0.1, 0.15) is 40.0 Å². The monoisotopic (exact) mass is 299 g/mol. The van der Waals surface area contributed by atoms with Gasteiger partial charge in [-0.3, -0.25) is 4.79 Å². The molecule has 120 valence electrons. The van der Waals surface area contributed by atoms with E-state index in [9.17, 15) is 14.4 Å². The fourth-order valence-corrected chi connectivity index (χ4v) is 2.24. The SMILES string of the molecule is CC(C)(C)[C@H](NC(=O)NCC(=O)N1CCCCC1)C(=O)O. The van der Waals surface area contributed by atoms with Gasteiger partial charge in [0.1, 0.15) is 6.04 Å². The largest absolute Gasteiger partial charge is 0.480 e. The van der Waals surface area contributed by atoms with E-state index in [4.69, 9.17) is 5.11 Å². The molecule has 1 heterocycles. The third kappa shape index (κ3) is 5.61. The fraction of sp³-hybridized carbons (Fsp3) is 0.786. The van der Waals surface area contributed by atoms with Gasteiger partial charge in [-0.1, -0.05) is 20.8 Å². The van der Waals surface area contributed by atoms with Crippen LogP contribution >= 0.6 is 0 Å². The number of aliphatic carboxylic acids is 1. The zero-order valence-electron chi connectivity index (χ0n) is 12.9. The Morgan fingerprint density at radius 3 is 2.19 bits per heavy atom. The summed E-state index contributed by atoms with van der Waals surface area (Å²) in [6.45, 7) is 6.52. The summed E-state index contributed by atoms with van der Waals surface area (Å²) in [7, 11) is 0. The van der Waals surface area contributed by atoms with Gasteiger partial charge in [0, 0.05) is 13.1 Å². The molecule has 0 aromatic rings. The van der Waals surface area contributed by atoms with E-state index >= 15 is 0 Å². The van der Waals surface area contributed by atoms with Crippen molar-refractivity contribution in [3.8, 4) is 0 Å². The maximum atomic E-state index is 11.9. The maximum Gasteiger partial charge on any atom is 0.326 e. The van der Waals surface area contributed by atoms with Crippen LogP contribution in [0.4, 0.5) is 4.79 Å². The lowest BCUT2D eigenvalue weighted by Crippen LogP contribution is -2.53. The molecule has 21 heavy (non-hydrogen) atoms. The molecule has 1 fully saturated rings. The number of hydrogen-bond acceptors (Lipinski definition) is 3.